The van der Waals surface area contributed by atoms with E-state index in [0.29, 0.717) is 42.9 Å². The molecule has 1 nitrogen and oxygen atoms in total. The molecule has 198 valence electrons. The van der Waals surface area contributed by atoms with E-state index in [2.05, 4.69) is 6.92 Å². The van der Waals surface area contributed by atoms with Crippen LogP contribution >= 0.6 is 0 Å². The van der Waals surface area contributed by atoms with Crippen molar-refractivity contribution in [2.75, 3.05) is 0 Å². The van der Waals surface area contributed by atoms with E-state index in [1.165, 1.54) is 51.4 Å². The summed E-state index contributed by atoms with van der Waals surface area (Å²) in [4.78, 5) is 0. The molecule has 2 aliphatic rings. The standard InChI is InChI=1S/C29H34F6O/c1-2-3-4-5-17-6-8-18(9-7-17)19-10-12-20(13-11-19)26-28(35)24(32)16-25(33)29(26)36-21-14-22(30)27(34)23(31)15-21/h14-20H,2-13H2,1H3. The fourth-order valence-corrected chi connectivity index (χ4v) is 6.29. The maximum absolute atomic E-state index is 14.9. The molecule has 2 fully saturated rings. The Hall–Kier alpha value is -2.18. The van der Waals surface area contributed by atoms with Crippen LogP contribution in [-0.4, -0.2) is 0 Å². The Morgan fingerprint density at radius 1 is 0.667 bits per heavy atom. The zero-order chi connectivity index (χ0) is 25.8. The van der Waals surface area contributed by atoms with Crippen LogP contribution in [0.5, 0.6) is 11.5 Å². The van der Waals surface area contributed by atoms with Crippen molar-refractivity contribution in [3.63, 3.8) is 0 Å². The first-order valence-corrected chi connectivity index (χ1v) is 13.3. The van der Waals surface area contributed by atoms with Crippen molar-refractivity contribution in [1.82, 2.24) is 0 Å². The molecule has 0 spiro atoms. The van der Waals surface area contributed by atoms with Crippen molar-refractivity contribution in [1.29, 1.82) is 0 Å². The quantitative estimate of drug-likeness (QED) is 0.148. The Kier molecular flexibility index (Phi) is 8.89. The van der Waals surface area contributed by atoms with Crippen molar-refractivity contribution in [2.45, 2.75) is 89.9 Å². The fourth-order valence-electron chi connectivity index (χ4n) is 6.29. The molecule has 0 amide bonds. The fraction of sp³-hybridized carbons (Fsp3) is 0.586. The minimum atomic E-state index is -1.69. The van der Waals surface area contributed by atoms with Crippen LogP contribution in [0.1, 0.15) is 95.5 Å². The van der Waals surface area contributed by atoms with Gasteiger partial charge in [0.15, 0.2) is 40.7 Å². The molecule has 0 saturated heterocycles. The summed E-state index contributed by atoms with van der Waals surface area (Å²) in [6, 6.07) is 1.46. The van der Waals surface area contributed by atoms with Crippen LogP contribution < -0.4 is 4.74 Å². The van der Waals surface area contributed by atoms with Gasteiger partial charge in [-0.25, -0.2) is 26.3 Å². The first kappa shape index (κ1) is 26.9. The Morgan fingerprint density at radius 3 is 1.81 bits per heavy atom. The molecule has 4 rings (SSSR count). The highest BCUT2D eigenvalue weighted by Crippen LogP contribution is 2.48. The van der Waals surface area contributed by atoms with E-state index < -0.39 is 52.3 Å². The summed E-state index contributed by atoms with van der Waals surface area (Å²) in [7, 11) is 0. The van der Waals surface area contributed by atoms with Gasteiger partial charge in [-0.1, -0.05) is 45.4 Å². The summed E-state index contributed by atoms with van der Waals surface area (Å²) in [6.07, 6.45) is 12.8. The predicted octanol–water partition coefficient (Wildman–Crippen LogP) is 9.97. The van der Waals surface area contributed by atoms with Crippen LogP contribution in [0, 0.1) is 52.7 Å². The molecule has 7 heteroatoms. The van der Waals surface area contributed by atoms with Gasteiger partial charge in [-0.3, -0.25) is 0 Å². The van der Waals surface area contributed by atoms with E-state index in [-0.39, 0.29) is 5.56 Å². The molecule has 2 aliphatic carbocycles. The number of hydrogen-bond acceptors (Lipinski definition) is 1. The minimum absolute atomic E-state index is 0.254. The molecule has 2 saturated carbocycles. The monoisotopic (exact) mass is 512 g/mol. The lowest BCUT2D eigenvalue weighted by Gasteiger charge is -2.38. The summed E-state index contributed by atoms with van der Waals surface area (Å²) in [5, 5.41) is 0. The molecular weight excluding hydrogens is 478 g/mol. The Bertz CT molecular complexity index is 1020. The smallest absolute Gasteiger partial charge is 0.194 e. The van der Waals surface area contributed by atoms with Crippen LogP contribution in [-0.2, 0) is 0 Å². The number of halogens is 6. The third-order valence-electron chi connectivity index (χ3n) is 8.29. The van der Waals surface area contributed by atoms with Gasteiger partial charge in [0.1, 0.15) is 5.75 Å². The van der Waals surface area contributed by atoms with Crippen LogP contribution in [0.25, 0.3) is 0 Å². The van der Waals surface area contributed by atoms with Gasteiger partial charge in [-0.2, -0.15) is 0 Å². The first-order valence-electron chi connectivity index (χ1n) is 13.3. The topological polar surface area (TPSA) is 9.23 Å². The highest BCUT2D eigenvalue weighted by molar-refractivity contribution is 5.43. The summed E-state index contributed by atoms with van der Waals surface area (Å²) in [5.41, 5.74) is -0.254. The van der Waals surface area contributed by atoms with Crippen molar-refractivity contribution < 1.29 is 31.1 Å². The van der Waals surface area contributed by atoms with E-state index in [9.17, 15) is 26.3 Å². The summed E-state index contributed by atoms with van der Waals surface area (Å²) in [5.74, 6) is -8.12. The lowest BCUT2D eigenvalue weighted by atomic mass is 9.68. The molecule has 36 heavy (non-hydrogen) atoms. The number of unbranched alkanes of at least 4 members (excludes halogenated alkanes) is 2. The molecule has 0 N–H and O–H groups in total. The third kappa shape index (κ3) is 6.03. The molecule has 2 aromatic rings. The third-order valence-corrected chi connectivity index (χ3v) is 8.29. The van der Waals surface area contributed by atoms with Gasteiger partial charge in [0.2, 0.25) is 0 Å². The SMILES string of the molecule is CCCCCC1CCC(C2CCC(c3c(F)c(F)cc(F)c3Oc3cc(F)c(F)c(F)c3)CC2)CC1. The van der Waals surface area contributed by atoms with Crippen LogP contribution in [0.4, 0.5) is 26.3 Å². The van der Waals surface area contributed by atoms with E-state index in [1.807, 2.05) is 0 Å². The summed E-state index contributed by atoms with van der Waals surface area (Å²) in [6.45, 7) is 2.22. The second-order valence-corrected chi connectivity index (χ2v) is 10.6. The molecule has 0 aliphatic heterocycles. The normalized spacial score (nSPS) is 24.6. The zero-order valence-electron chi connectivity index (χ0n) is 20.7. The lowest BCUT2D eigenvalue weighted by molar-refractivity contribution is 0.154. The Balaban J connectivity index is 1.44. The second kappa shape index (κ2) is 11.9. The molecular formula is C29H34F6O. The second-order valence-electron chi connectivity index (χ2n) is 10.6. The summed E-state index contributed by atoms with van der Waals surface area (Å²) >= 11 is 0. The van der Waals surface area contributed by atoms with Crippen molar-refractivity contribution >= 4 is 0 Å². The highest BCUT2D eigenvalue weighted by atomic mass is 19.2. The van der Waals surface area contributed by atoms with Gasteiger partial charge in [-0.05, 0) is 62.2 Å². The largest absolute Gasteiger partial charge is 0.454 e. The van der Waals surface area contributed by atoms with E-state index in [4.69, 9.17) is 4.74 Å². The number of ether oxygens (including phenoxy) is 1. The maximum atomic E-state index is 14.9. The average molecular weight is 513 g/mol. The minimum Gasteiger partial charge on any atom is -0.454 e. The lowest BCUT2D eigenvalue weighted by Crippen LogP contribution is -2.26. The molecule has 0 bridgehead atoms. The molecule has 2 aromatic carbocycles. The van der Waals surface area contributed by atoms with Gasteiger partial charge in [0, 0.05) is 23.8 Å². The molecule has 0 aromatic heterocycles. The Labute approximate surface area is 209 Å². The Morgan fingerprint density at radius 2 is 1.22 bits per heavy atom. The highest BCUT2D eigenvalue weighted by Gasteiger charge is 2.35. The van der Waals surface area contributed by atoms with Crippen molar-refractivity contribution in [3.05, 3.63) is 58.7 Å². The van der Waals surface area contributed by atoms with Crippen LogP contribution in [0.15, 0.2) is 18.2 Å². The average Bonchev–Trinajstić information content (AvgIpc) is 2.87. The van der Waals surface area contributed by atoms with Crippen LogP contribution in [0.3, 0.4) is 0 Å². The van der Waals surface area contributed by atoms with E-state index in [0.717, 1.165) is 18.8 Å². The first-order chi connectivity index (χ1) is 17.3. The van der Waals surface area contributed by atoms with Crippen molar-refractivity contribution in [3.8, 4) is 11.5 Å². The number of benzene rings is 2. The number of hydrogen-bond donors (Lipinski definition) is 0. The van der Waals surface area contributed by atoms with E-state index >= 15 is 0 Å². The molecule has 0 heterocycles. The molecule has 0 atom stereocenters. The van der Waals surface area contributed by atoms with Gasteiger partial charge in [-0.15, -0.1) is 0 Å². The van der Waals surface area contributed by atoms with Gasteiger partial charge in [0.25, 0.3) is 0 Å². The maximum Gasteiger partial charge on any atom is 0.194 e. The predicted molar refractivity (Wildman–Crippen MR) is 127 cm³/mol. The molecule has 0 unspecified atom stereocenters. The van der Waals surface area contributed by atoms with E-state index in [1.54, 1.807) is 0 Å². The van der Waals surface area contributed by atoms with Gasteiger partial charge >= 0.3 is 0 Å². The van der Waals surface area contributed by atoms with Crippen LogP contribution in [0.2, 0.25) is 0 Å². The summed E-state index contributed by atoms with van der Waals surface area (Å²) < 4.78 is 89.8. The number of rotatable bonds is 8. The van der Waals surface area contributed by atoms with Gasteiger partial charge < -0.3 is 4.74 Å². The molecule has 0 radical (unpaired) electrons. The van der Waals surface area contributed by atoms with Crippen molar-refractivity contribution in [2.24, 2.45) is 17.8 Å². The van der Waals surface area contributed by atoms with Gasteiger partial charge in [0.05, 0.1) is 0 Å². The zero-order valence-corrected chi connectivity index (χ0v) is 20.7.